The van der Waals surface area contributed by atoms with Crippen LogP contribution in [0.1, 0.15) is 64.3 Å². The highest BCUT2D eigenvalue weighted by Gasteiger charge is 2.29. The van der Waals surface area contributed by atoms with Crippen LogP contribution in [0.4, 0.5) is 0 Å². The van der Waals surface area contributed by atoms with Crippen molar-refractivity contribution >= 4 is 16.8 Å². The lowest BCUT2D eigenvalue weighted by Crippen LogP contribution is -2.41. The molecule has 2 aliphatic rings. The fraction of sp³-hybridized carbons (Fsp3) is 0.464. The normalized spacial score (nSPS) is 18.8. The summed E-state index contributed by atoms with van der Waals surface area (Å²) in [6, 6.07) is 14.9. The van der Waals surface area contributed by atoms with Crippen molar-refractivity contribution in [1.29, 1.82) is 0 Å². The molecule has 2 aliphatic heterocycles. The molecule has 33 heavy (non-hydrogen) atoms. The zero-order valence-corrected chi connectivity index (χ0v) is 19.8. The van der Waals surface area contributed by atoms with Crippen LogP contribution in [0.5, 0.6) is 0 Å². The third-order valence-electron chi connectivity index (χ3n) is 7.70. The molecule has 0 unspecified atom stereocenters. The highest BCUT2D eigenvalue weighted by molar-refractivity contribution is 6.01. The van der Waals surface area contributed by atoms with E-state index < -0.39 is 0 Å². The molecule has 174 valence electrons. The molecule has 3 aromatic rings. The van der Waals surface area contributed by atoms with Crippen molar-refractivity contribution < 1.29 is 9.90 Å². The number of H-pyrrole nitrogens is 1. The number of piperidine rings is 2. The summed E-state index contributed by atoms with van der Waals surface area (Å²) in [4.78, 5) is 21.3. The lowest BCUT2D eigenvalue weighted by atomic mass is 9.84. The molecule has 0 saturated carbocycles. The maximum absolute atomic E-state index is 13.4. The molecule has 0 spiro atoms. The van der Waals surface area contributed by atoms with Gasteiger partial charge in [0.25, 0.3) is 5.91 Å². The van der Waals surface area contributed by atoms with E-state index in [1.54, 1.807) is 0 Å². The number of aryl methyl sites for hydroxylation is 2. The lowest BCUT2D eigenvalue weighted by Gasteiger charge is -2.34. The van der Waals surface area contributed by atoms with Gasteiger partial charge < -0.3 is 15.0 Å². The second-order valence-electron chi connectivity index (χ2n) is 9.90. The fourth-order valence-corrected chi connectivity index (χ4v) is 5.85. The summed E-state index contributed by atoms with van der Waals surface area (Å²) < 4.78 is 0. The van der Waals surface area contributed by atoms with Crippen LogP contribution < -0.4 is 0 Å². The Hall–Kier alpha value is -2.63. The van der Waals surface area contributed by atoms with Gasteiger partial charge in [0, 0.05) is 36.1 Å². The molecule has 2 fully saturated rings. The Kier molecular flexibility index (Phi) is 6.26. The minimum Gasteiger partial charge on any atom is -0.393 e. The molecule has 2 N–H and O–H groups in total. The number of nitrogens with zero attached hydrogens (tertiary/aromatic N) is 2. The Morgan fingerprint density at radius 2 is 1.61 bits per heavy atom. The lowest BCUT2D eigenvalue weighted by molar-refractivity contribution is 0.0540. The van der Waals surface area contributed by atoms with E-state index in [1.165, 1.54) is 16.7 Å². The summed E-state index contributed by atoms with van der Waals surface area (Å²) in [6.07, 6.45) is 3.34. The van der Waals surface area contributed by atoms with Gasteiger partial charge in [-0.1, -0.05) is 36.4 Å². The average Bonchev–Trinajstić information content (AvgIpc) is 3.18. The largest absolute Gasteiger partial charge is 0.393 e. The van der Waals surface area contributed by atoms with Crippen LogP contribution in [-0.4, -0.2) is 58.1 Å². The first kappa shape index (κ1) is 22.2. The van der Waals surface area contributed by atoms with Gasteiger partial charge >= 0.3 is 0 Å². The van der Waals surface area contributed by atoms with Crippen molar-refractivity contribution in [1.82, 2.24) is 14.8 Å². The van der Waals surface area contributed by atoms with E-state index in [-0.39, 0.29) is 12.0 Å². The minimum atomic E-state index is -0.283. The van der Waals surface area contributed by atoms with Gasteiger partial charge in [0.2, 0.25) is 0 Å². The second kappa shape index (κ2) is 9.32. The number of hydrogen-bond acceptors (Lipinski definition) is 3. The van der Waals surface area contributed by atoms with Crippen molar-refractivity contribution in [2.24, 2.45) is 0 Å². The number of likely N-dealkylation sites (tertiary alicyclic amines) is 2. The highest BCUT2D eigenvalue weighted by atomic mass is 16.3. The van der Waals surface area contributed by atoms with Crippen molar-refractivity contribution in [3.8, 4) is 0 Å². The van der Waals surface area contributed by atoms with E-state index >= 15 is 0 Å². The van der Waals surface area contributed by atoms with Gasteiger partial charge in [-0.2, -0.15) is 0 Å². The topological polar surface area (TPSA) is 59.6 Å². The first-order chi connectivity index (χ1) is 16.0. The molecule has 2 saturated heterocycles. The number of aliphatic hydroxyl groups excluding tert-OH is 1. The fourth-order valence-electron chi connectivity index (χ4n) is 5.85. The number of carbonyl (C=O) groups is 1. The van der Waals surface area contributed by atoms with Crippen LogP contribution in [-0.2, 0) is 6.54 Å². The molecule has 2 aromatic carbocycles. The number of benzene rings is 2. The molecule has 5 rings (SSSR count). The third-order valence-corrected chi connectivity index (χ3v) is 7.70. The molecule has 1 aromatic heterocycles. The van der Waals surface area contributed by atoms with Crippen LogP contribution in [0.15, 0.2) is 42.5 Å². The van der Waals surface area contributed by atoms with Gasteiger partial charge in [0.15, 0.2) is 0 Å². The summed E-state index contributed by atoms with van der Waals surface area (Å²) in [7, 11) is 0. The standard InChI is InChI=1S/C28H35N3O2/c1-19-6-5-7-20(2)26(19)21-10-14-30(15-11-21)18-24-23-8-3-4-9-25(23)29-27(24)28(33)31-16-12-22(32)13-17-31/h3-9,21-22,29,32H,10-18H2,1-2H3. The van der Waals surface area contributed by atoms with E-state index in [9.17, 15) is 9.90 Å². The zero-order valence-electron chi connectivity index (χ0n) is 19.8. The Morgan fingerprint density at radius 1 is 0.939 bits per heavy atom. The number of rotatable bonds is 4. The molecule has 5 heteroatoms. The van der Waals surface area contributed by atoms with Crippen LogP contribution in [0.2, 0.25) is 0 Å². The zero-order chi connectivity index (χ0) is 22.9. The molecular formula is C28H35N3O2. The van der Waals surface area contributed by atoms with Crippen LogP contribution >= 0.6 is 0 Å². The number of fused-ring (bicyclic) bond motifs is 1. The molecule has 0 atom stereocenters. The molecule has 5 nitrogen and oxygen atoms in total. The van der Waals surface area contributed by atoms with E-state index in [0.717, 1.165) is 54.6 Å². The predicted octanol–water partition coefficient (Wildman–Crippen LogP) is 4.76. The van der Waals surface area contributed by atoms with Crippen molar-refractivity contribution in [3.05, 3.63) is 70.4 Å². The third kappa shape index (κ3) is 4.44. The maximum atomic E-state index is 13.4. The monoisotopic (exact) mass is 445 g/mol. The van der Waals surface area contributed by atoms with Gasteiger partial charge in [-0.05, 0) is 81.3 Å². The second-order valence-corrected chi connectivity index (χ2v) is 9.90. The van der Waals surface area contributed by atoms with E-state index in [4.69, 9.17) is 0 Å². The number of amides is 1. The number of hydrogen-bond donors (Lipinski definition) is 2. The van der Waals surface area contributed by atoms with Gasteiger partial charge in [0.05, 0.1) is 6.10 Å². The number of aliphatic hydroxyl groups is 1. The number of para-hydroxylation sites is 1. The Bertz CT molecular complexity index is 1120. The number of aromatic nitrogens is 1. The minimum absolute atomic E-state index is 0.0681. The van der Waals surface area contributed by atoms with Crippen molar-refractivity contribution in [2.45, 2.75) is 58.1 Å². The predicted molar refractivity (Wildman–Crippen MR) is 133 cm³/mol. The van der Waals surface area contributed by atoms with Crippen LogP contribution in [0.25, 0.3) is 10.9 Å². The van der Waals surface area contributed by atoms with Crippen molar-refractivity contribution in [3.63, 3.8) is 0 Å². The number of carbonyl (C=O) groups excluding carboxylic acids is 1. The molecule has 0 radical (unpaired) electrons. The number of aromatic amines is 1. The van der Waals surface area contributed by atoms with Gasteiger partial charge in [-0.25, -0.2) is 0 Å². The van der Waals surface area contributed by atoms with Gasteiger partial charge in [-0.15, -0.1) is 0 Å². The Balaban J connectivity index is 1.35. The van der Waals surface area contributed by atoms with Crippen LogP contribution in [0, 0.1) is 13.8 Å². The highest BCUT2D eigenvalue weighted by Crippen LogP contribution is 2.34. The smallest absolute Gasteiger partial charge is 0.270 e. The summed E-state index contributed by atoms with van der Waals surface area (Å²) in [5.41, 5.74) is 7.22. The molecule has 0 bridgehead atoms. The summed E-state index contributed by atoms with van der Waals surface area (Å²) in [5.74, 6) is 0.685. The first-order valence-electron chi connectivity index (χ1n) is 12.4. The number of nitrogens with one attached hydrogen (secondary N) is 1. The summed E-state index contributed by atoms with van der Waals surface area (Å²) in [5, 5.41) is 11.0. The molecule has 1 amide bonds. The quantitative estimate of drug-likeness (QED) is 0.609. The SMILES string of the molecule is Cc1cccc(C)c1C1CCN(Cc2c(C(=O)N3CCC(O)CC3)[nH]c3ccccc23)CC1. The molecule has 3 heterocycles. The van der Waals surface area contributed by atoms with Crippen LogP contribution in [0.3, 0.4) is 0 Å². The first-order valence-corrected chi connectivity index (χ1v) is 12.4. The van der Waals surface area contributed by atoms with Crippen molar-refractivity contribution in [2.75, 3.05) is 26.2 Å². The van der Waals surface area contributed by atoms with Gasteiger partial charge in [-0.3, -0.25) is 9.69 Å². The summed E-state index contributed by atoms with van der Waals surface area (Å²) >= 11 is 0. The average molecular weight is 446 g/mol. The van der Waals surface area contributed by atoms with E-state index in [2.05, 4.69) is 60.1 Å². The molecule has 0 aliphatic carbocycles. The molecular weight excluding hydrogens is 410 g/mol. The Morgan fingerprint density at radius 3 is 2.30 bits per heavy atom. The van der Waals surface area contributed by atoms with E-state index in [1.807, 2.05) is 11.0 Å². The maximum Gasteiger partial charge on any atom is 0.270 e. The Labute approximate surface area is 196 Å². The summed E-state index contributed by atoms with van der Waals surface area (Å²) in [6.45, 7) is 8.59. The van der Waals surface area contributed by atoms with E-state index in [0.29, 0.717) is 31.8 Å². The van der Waals surface area contributed by atoms with Gasteiger partial charge in [0.1, 0.15) is 5.69 Å².